The highest BCUT2D eigenvalue weighted by Crippen LogP contribution is 2.38. The highest BCUT2D eigenvalue weighted by Gasteiger charge is 2.52. The van der Waals surface area contributed by atoms with Gasteiger partial charge in [0.25, 0.3) is 5.91 Å². The molecule has 0 radical (unpaired) electrons. The highest BCUT2D eigenvalue weighted by molar-refractivity contribution is 6.08. The Morgan fingerprint density at radius 1 is 1.25 bits per heavy atom. The Morgan fingerprint density at radius 3 is 2.50 bits per heavy atom. The van der Waals surface area contributed by atoms with Crippen molar-refractivity contribution < 1.29 is 32.3 Å². The number of amides is 3. The van der Waals surface area contributed by atoms with Gasteiger partial charge in [-0.15, -0.1) is 0 Å². The van der Waals surface area contributed by atoms with Crippen LogP contribution in [0.5, 0.6) is 5.75 Å². The van der Waals surface area contributed by atoms with Gasteiger partial charge >= 0.3 is 18.2 Å². The fraction of sp³-hybridized carbons (Fsp3) is 0.526. The molecule has 0 unspecified atom stereocenters. The number of carbonyl (C=O) groups is 3. The molecule has 152 valence electrons. The van der Waals surface area contributed by atoms with Gasteiger partial charge in [0.15, 0.2) is 0 Å². The summed E-state index contributed by atoms with van der Waals surface area (Å²) in [6.07, 6.45) is -1.15. The first-order valence-electron chi connectivity index (χ1n) is 9.17. The maximum atomic E-state index is 13.0. The Balaban J connectivity index is 1.69. The lowest BCUT2D eigenvalue weighted by molar-refractivity contribution is -0.145. The molecule has 0 aromatic heterocycles. The van der Waals surface area contributed by atoms with E-state index in [2.05, 4.69) is 12.2 Å². The second kappa shape index (κ2) is 7.44. The quantitative estimate of drug-likeness (QED) is 0.479. The molecular formula is C19H21F3N2O4. The molecule has 1 spiro atoms. The SMILES string of the molecule is CCC1CCC2(CC1)NC(=O)N(CC(=O)Oc1ccccc1C(F)(F)F)C2=O. The van der Waals surface area contributed by atoms with Crippen LogP contribution in [-0.2, 0) is 15.8 Å². The zero-order valence-corrected chi connectivity index (χ0v) is 15.3. The molecule has 1 aromatic rings. The van der Waals surface area contributed by atoms with Crippen molar-refractivity contribution >= 4 is 17.9 Å². The van der Waals surface area contributed by atoms with E-state index in [-0.39, 0.29) is 0 Å². The van der Waals surface area contributed by atoms with E-state index in [9.17, 15) is 27.6 Å². The van der Waals surface area contributed by atoms with Crippen LogP contribution in [0.3, 0.4) is 0 Å². The summed E-state index contributed by atoms with van der Waals surface area (Å²) in [6, 6.07) is 3.55. The summed E-state index contributed by atoms with van der Waals surface area (Å²) in [4.78, 5) is 37.9. The van der Waals surface area contributed by atoms with E-state index in [4.69, 9.17) is 4.74 Å². The molecule has 3 rings (SSSR count). The van der Waals surface area contributed by atoms with Crippen LogP contribution in [0.15, 0.2) is 24.3 Å². The Morgan fingerprint density at radius 2 is 1.89 bits per heavy atom. The average molecular weight is 398 g/mol. The summed E-state index contributed by atoms with van der Waals surface area (Å²) in [6.45, 7) is 1.33. The summed E-state index contributed by atoms with van der Waals surface area (Å²) in [5.41, 5.74) is -2.12. The molecule has 9 heteroatoms. The third-order valence-electron chi connectivity index (χ3n) is 5.49. The molecule has 3 amide bonds. The first kappa shape index (κ1) is 20.2. The first-order chi connectivity index (χ1) is 13.2. The monoisotopic (exact) mass is 398 g/mol. The van der Waals surface area contributed by atoms with Crippen molar-refractivity contribution in [3.63, 3.8) is 0 Å². The van der Waals surface area contributed by atoms with Gasteiger partial charge < -0.3 is 10.1 Å². The third-order valence-corrected chi connectivity index (χ3v) is 5.49. The van der Waals surface area contributed by atoms with Crippen LogP contribution in [0.25, 0.3) is 0 Å². The fourth-order valence-electron chi connectivity index (χ4n) is 3.81. The molecule has 1 N–H and O–H groups in total. The normalized spacial score (nSPS) is 25.1. The van der Waals surface area contributed by atoms with Gasteiger partial charge in [-0.05, 0) is 43.7 Å². The summed E-state index contributed by atoms with van der Waals surface area (Å²) in [7, 11) is 0. The predicted molar refractivity (Wildman–Crippen MR) is 92.3 cm³/mol. The number of imide groups is 1. The van der Waals surface area contributed by atoms with Crippen molar-refractivity contribution in [1.82, 2.24) is 10.2 Å². The van der Waals surface area contributed by atoms with Gasteiger partial charge in [-0.3, -0.25) is 9.69 Å². The molecule has 1 saturated heterocycles. The lowest BCUT2D eigenvalue weighted by Gasteiger charge is -2.34. The number of alkyl halides is 3. The van der Waals surface area contributed by atoms with Gasteiger partial charge in [0.2, 0.25) is 0 Å². The van der Waals surface area contributed by atoms with E-state index in [0.29, 0.717) is 18.8 Å². The van der Waals surface area contributed by atoms with E-state index < -0.39 is 47.5 Å². The molecule has 1 aliphatic heterocycles. The molecule has 28 heavy (non-hydrogen) atoms. The van der Waals surface area contributed by atoms with Gasteiger partial charge in [-0.25, -0.2) is 9.59 Å². The van der Waals surface area contributed by atoms with Crippen LogP contribution in [0.2, 0.25) is 0 Å². The van der Waals surface area contributed by atoms with Gasteiger partial charge in [0.05, 0.1) is 5.56 Å². The van der Waals surface area contributed by atoms with Crippen molar-refractivity contribution in [1.29, 1.82) is 0 Å². The predicted octanol–water partition coefficient (Wildman–Crippen LogP) is 3.50. The first-order valence-corrected chi connectivity index (χ1v) is 9.17. The maximum absolute atomic E-state index is 13.0. The van der Waals surface area contributed by atoms with E-state index in [0.717, 1.165) is 36.3 Å². The lowest BCUT2D eigenvalue weighted by Crippen LogP contribution is -2.49. The topological polar surface area (TPSA) is 75.7 Å². The molecule has 2 fully saturated rings. The minimum absolute atomic E-state index is 0.485. The number of nitrogens with zero attached hydrogens (tertiary/aromatic N) is 1. The number of benzene rings is 1. The second-order valence-corrected chi connectivity index (χ2v) is 7.22. The average Bonchev–Trinajstić information content (AvgIpc) is 2.86. The fourth-order valence-corrected chi connectivity index (χ4v) is 3.81. The number of para-hydroxylation sites is 1. The molecule has 1 heterocycles. The molecule has 1 aromatic carbocycles. The number of hydrogen-bond donors (Lipinski definition) is 1. The summed E-state index contributed by atoms with van der Waals surface area (Å²) in [5, 5.41) is 2.67. The number of hydrogen-bond acceptors (Lipinski definition) is 4. The van der Waals surface area contributed by atoms with Crippen molar-refractivity contribution in [2.24, 2.45) is 5.92 Å². The summed E-state index contributed by atoms with van der Waals surface area (Å²) < 4.78 is 43.8. The van der Waals surface area contributed by atoms with E-state index in [1.54, 1.807) is 0 Å². The maximum Gasteiger partial charge on any atom is 0.419 e. The van der Waals surface area contributed by atoms with Gasteiger partial charge in [-0.1, -0.05) is 25.5 Å². The molecule has 1 saturated carbocycles. The van der Waals surface area contributed by atoms with Crippen LogP contribution < -0.4 is 10.1 Å². The Bertz CT molecular complexity index is 786. The lowest BCUT2D eigenvalue weighted by atomic mass is 9.75. The zero-order valence-electron chi connectivity index (χ0n) is 15.3. The number of rotatable bonds is 4. The summed E-state index contributed by atoms with van der Waals surface area (Å²) in [5.74, 6) is -1.80. The van der Waals surface area contributed by atoms with E-state index in [1.165, 1.54) is 12.1 Å². The number of esters is 1. The highest BCUT2D eigenvalue weighted by atomic mass is 19.4. The Labute approximate surface area is 160 Å². The molecule has 6 nitrogen and oxygen atoms in total. The van der Waals surface area contributed by atoms with Gasteiger partial charge in [0.1, 0.15) is 17.8 Å². The van der Waals surface area contributed by atoms with E-state index in [1.807, 2.05) is 0 Å². The minimum Gasteiger partial charge on any atom is -0.425 e. The molecule has 2 aliphatic rings. The molecule has 0 atom stereocenters. The van der Waals surface area contributed by atoms with Crippen molar-refractivity contribution in [2.75, 3.05) is 6.54 Å². The van der Waals surface area contributed by atoms with Gasteiger partial charge in [-0.2, -0.15) is 13.2 Å². The minimum atomic E-state index is -4.69. The number of urea groups is 1. The number of nitrogens with one attached hydrogen (secondary N) is 1. The number of ether oxygens (including phenoxy) is 1. The zero-order chi connectivity index (χ0) is 20.5. The van der Waals surface area contributed by atoms with Crippen LogP contribution in [0.4, 0.5) is 18.0 Å². The van der Waals surface area contributed by atoms with Crippen molar-refractivity contribution in [2.45, 2.75) is 50.7 Å². The smallest absolute Gasteiger partial charge is 0.419 e. The van der Waals surface area contributed by atoms with Crippen LogP contribution >= 0.6 is 0 Å². The summed E-state index contributed by atoms with van der Waals surface area (Å²) >= 11 is 0. The van der Waals surface area contributed by atoms with Crippen LogP contribution in [-0.4, -0.2) is 34.9 Å². The molecular weight excluding hydrogens is 377 g/mol. The second-order valence-electron chi connectivity index (χ2n) is 7.22. The Kier molecular flexibility index (Phi) is 5.36. The largest absolute Gasteiger partial charge is 0.425 e. The van der Waals surface area contributed by atoms with Gasteiger partial charge in [0, 0.05) is 0 Å². The number of halogens is 3. The third kappa shape index (κ3) is 3.83. The Hall–Kier alpha value is -2.58. The molecule has 1 aliphatic carbocycles. The van der Waals surface area contributed by atoms with Crippen molar-refractivity contribution in [3.05, 3.63) is 29.8 Å². The number of carbonyl (C=O) groups excluding carboxylic acids is 3. The van der Waals surface area contributed by atoms with Crippen LogP contribution in [0, 0.1) is 5.92 Å². The van der Waals surface area contributed by atoms with Crippen LogP contribution in [0.1, 0.15) is 44.6 Å². The van der Waals surface area contributed by atoms with Crippen molar-refractivity contribution in [3.8, 4) is 5.75 Å². The van der Waals surface area contributed by atoms with E-state index >= 15 is 0 Å². The standard InChI is InChI=1S/C19H21F3N2O4/c1-2-12-7-9-18(10-8-12)16(26)24(17(27)23-18)11-15(25)28-14-6-4-3-5-13(14)19(20,21)22/h3-6,12H,2,7-11H2,1H3,(H,23,27). The molecule has 0 bridgehead atoms.